The number of ether oxygens (including phenoxy) is 1. The molecule has 0 aromatic heterocycles. The number of carbonyl (C=O) groups excluding carboxylic acids is 1. The number of hydrogen-bond donors (Lipinski definition) is 0. The molecule has 5 heteroatoms. The first kappa shape index (κ1) is 18.2. The molecule has 138 valence electrons. The van der Waals surface area contributed by atoms with E-state index in [1.165, 1.54) is 6.07 Å². The Morgan fingerprint density at radius 3 is 2.38 bits per heavy atom. The predicted molar refractivity (Wildman–Crippen MR) is 101 cm³/mol. The summed E-state index contributed by atoms with van der Waals surface area (Å²) in [6.07, 6.45) is 0.122. The Balaban J connectivity index is 1.62. The van der Waals surface area contributed by atoms with Crippen molar-refractivity contribution in [2.45, 2.75) is 26.4 Å². The topological polar surface area (TPSA) is 32.8 Å². The first-order valence-electron chi connectivity index (χ1n) is 9.10. The van der Waals surface area contributed by atoms with Gasteiger partial charge in [-0.15, -0.1) is 0 Å². The summed E-state index contributed by atoms with van der Waals surface area (Å²) < 4.78 is 19.9. The highest BCUT2D eigenvalue weighted by atomic mass is 19.1. The van der Waals surface area contributed by atoms with Crippen molar-refractivity contribution in [3.63, 3.8) is 0 Å². The minimum Gasteiger partial charge on any atom is -0.480 e. The molecule has 1 heterocycles. The monoisotopic (exact) mass is 356 g/mol. The summed E-state index contributed by atoms with van der Waals surface area (Å²) in [6.45, 7) is 6.30. The number of rotatable bonds is 5. The maximum absolute atomic E-state index is 14.0. The Morgan fingerprint density at radius 1 is 1.08 bits per heavy atom. The van der Waals surface area contributed by atoms with Gasteiger partial charge in [-0.3, -0.25) is 4.79 Å². The zero-order valence-electron chi connectivity index (χ0n) is 15.3. The minimum absolute atomic E-state index is 0.00365. The van der Waals surface area contributed by atoms with Crippen LogP contribution in [-0.4, -0.2) is 43.1 Å². The van der Waals surface area contributed by atoms with Crippen LogP contribution in [0.25, 0.3) is 0 Å². The van der Waals surface area contributed by atoms with Crippen LogP contribution in [0.2, 0.25) is 0 Å². The van der Waals surface area contributed by atoms with Gasteiger partial charge in [0.2, 0.25) is 0 Å². The molecule has 1 saturated heterocycles. The summed E-state index contributed by atoms with van der Waals surface area (Å²) in [5.41, 5.74) is 1.62. The minimum atomic E-state index is -0.490. The van der Waals surface area contributed by atoms with E-state index in [0.29, 0.717) is 38.3 Å². The molecule has 4 nitrogen and oxygen atoms in total. The van der Waals surface area contributed by atoms with Crippen LogP contribution in [0.4, 0.5) is 10.1 Å². The Labute approximate surface area is 154 Å². The van der Waals surface area contributed by atoms with Crippen LogP contribution < -0.4 is 9.64 Å². The van der Waals surface area contributed by atoms with Crippen LogP contribution in [0, 0.1) is 12.7 Å². The predicted octanol–water partition coefficient (Wildman–Crippen LogP) is 3.64. The van der Waals surface area contributed by atoms with Crippen molar-refractivity contribution in [2.75, 3.05) is 31.1 Å². The van der Waals surface area contributed by atoms with Crippen LogP contribution in [0.15, 0.2) is 48.5 Å². The molecule has 0 N–H and O–H groups in total. The van der Waals surface area contributed by atoms with Crippen molar-refractivity contribution in [1.82, 2.24) is 4.90 Å². The fraction of sp³-hybridized carbons (Fsp3) is 0.381. The summed E-state index contributed by atoms with van der Waals surface area (Å²) in [5, 5.41) is 0. The van der Waals surface area contributed by atoms with Crippen LogP contribution in [0.3, 0.4) is 0 Å². The number of para-hydroxylation sites is 2. The number of benzene rings is 2. The van der Waals surface area contributed by atoms with Gasteiger partial charge in [-0.25, -0.2) is 4.39 Å². The van der Waals surface area contributed by atoms with E-state index in [2.05, 4.69) is 0 Å². The van der Waals surface area contributed by atoms with Crippen molar-refractivity contribution < 1.29 is 13.9 Å². The fourth-order valence-electron chi connectivity index (χ4n) is 3.23. The van der Waals surface area contributed by atoms with Crippen molar-refractivity contribution in [1.29, 1.82) is 0 Å². The van der Waals surface area contributed by atoms with Crippen LogP contribution >= 0.6 is 0 Å². The second-order valence-corrected chi connectivity index (χ2v) is 6.54. The van der Waals surface area contributed by atoms with Crippen LogP contribution in [0.5, 0.6) is 5.75 Å². The van der Waals surface area contributed by atoms with Crippen LogP contribution in [0.1, 0.15) is 18.9 Å². The molecule has 0 saturated carbocycles. The van der Waals surface area contributed by atoms with Gasteiger partial charge in [-0.05, 0) is 37.1 Å². The molecule has 1 aliphatic rings. The molecule has 0 radical (unpaired) electrons. The smallest absolute Gasteiger partial charge is 0.263 e. The number of nitrogens with zero attached hydrogens (tertiary/aromatic N) is 2. The quantitative estimate of drug-likeness (QED) is 0.820. The van der Waals surface area contributed by atoms with E-state index in [1.54, 1.807) is 12.1 Å². The number of hydrogen-bond acceptors (Lipinski definition) is 3. The maximum atomic E-state index is 14.0. The Hall–Kier alpha value is -2.56. The third kappa shape index (κ3) is 3.98. The Kier molecular flexibility index (Phi) is 5.76. The van der Waals surface area contributed by atoms with Gasteiger partial charge in [0.15, 0.2) is 6.10 Å². The second kappa shape index (κ2) is 8.21. The van der Waals surface area contributed by atoms with Gasteiger partial charge in [0.1, 0.15) is 11.6 Å². The Bertz CT molecular complexity index is 757. The standard InChI is InChI=1S/C21H25FN2O2/c1-3-19(26-20-11-7-4-8-16(20)2)21(25)24-14-12-23(13-15-24)18-10-6-5-9-17(18)22/h4-11,19H,3,12-15H2,1-2H3/t19-/m0/s1. The number of amides is 1. The van der Waals surface area contributed by atoms with E-state index in [9.17, 15) is 9.18 Å². The summed E-state index contributed by atoms with van der Waals surface area (Å²) in [4.78, 5) is 16.7. The van der Waals surface area contributed by atoms with Gasteiger partial charge < -0.3 is 14.5 Å². The van der Waals surface area contributed by atoms with Gasteiger partial charge in [-0.2, -0.15) is 0 Å². The molecular weight excluding hydrogens is 331 g/mol. The molecule has 1 aliphatic heterocycles. The molecule has 2 aromatic rings. The second-order valence-electron chi connectivity index (χ2n) is 6.54. The molecule has 26 heavy (non-hydrogen) atoms. The van der Waals surface area contributed by atoms with E-state index in [-0.39, 0.29) is 11.7 Å². The van der Waals surface area contributed by atoms with E-state index < -0.39 is 6.10 Å². The molecule has 0 bridgehead atoms. The summed E-state index contributed by atoms with van der Waals surface area (Å²) in [7, 11) is 0. The number of carbonyl (C=O) groups is 1. The molecule has 1 atom stereocenters. The average molecular weight is 356 g/mol. The van der Waals surface area contributed by atoms with Gasteiger partial charge in [0.05, 0.1) is 5.69 Å². The lowest BCUT2D eigenvalue weighted by molar-refractivity contribution is -0.139. The molecule has 2 aromatic carbocycles. The van der Waals surface area contributed by atoms with E-state index in [1.807, 2.05) is 54.0 Å². The third-order valence-electron chi connectivity index (χ3n) is 4.79. The lowest BCUT2D eigenvalue weighted by Crippen LogP contribution is -2.52. The number of anilines is 1. The number of piperazine rings is 1. The summed E-state index contributed by atoms with van der Waals surface area (Å²) >= 11 is 0. The maximum Gasteiger partial charge on any atom is 0.263 e. The van der Waals surface area contributed by atoms with Crippen molar-refractivity contribution >= 4 is 11.6 Å². The van der Waals surface area contributed by atoms with Crippen molar-refractivity contribution in [2.24, 2.45) is 0 Å². The lowest BCUT2D eigenvalue weighted by Gasteiger charge is -2.37. The fourth-order valence-corrected chi connectivity index (χ4v) is 3.23. The molecule has 1 fully saturated rings. The van der Waals surface area contributed by atoms with Gasteiger partial charge >= 0.3 is 0 Å². The molecule has 3 rings (SSSR count). The Morgan fingerprint density at radius 2 is 1.73 bits per heavy atom. The highest BCUT2D eigenvalue weighted by molar-refractivity contribution is 5.81. The highest BCUT2D eigenvalue weighted by Crippen LogP contribution is 2.22. The lowest BCUT2D eigenvalue weighted by atomic mass is 10.2. The van der Waals surface area contributed by atoms with Crippen LogP contribution in [-0.2, 0) is 4.79 Å². The van der Waals surface area contributed by atoms with E-state index in [0.717, 1.165) is 11.3 Å². The van der Waals surface area contributed by atoms with Crippen molar-refractivity contribution in [3.05, 3.63) is 59.9 Å². The first-order valence-corrected chi connectivity index (χ1v) is 9.10. The molecule has 0 aliphatic carbocycles. The average Bonchev–Trinajstić information content (AvgIpc) is 2.67. The SMILES string of the molecule is CC[C@H](Oc1ccccc1C)C(=O)N1CCN(c2ccccc2F)CC1. The first-order chi connectivity index (χ1) is 12.6. The normalized spacial score (nSPS) is 15.7. The van der Waals surface area contributed by atoms with Gasteiger partial charge in [0.25, 0.3) is 5.91 Å². The summed E-state index contributed by atoms with van der Waals surface area (Å²) in [6, 6.07) is 14.5. The number of halogens is 1. The zero-order chi connectivity index (χ0) is 18.5. The summed E-state index contributed by atoms with van der Waals surface area (Å²) in [5.74, 6) is 0.531. The van der Waals surface area contributed by atoms with Gasteiger partial charge in [0, 0.05) is 26.2 Å². The number of aryl methyl sites for hydroxylation is 1. The molecule has 0 unspecified atom stereocenters. The van der Waals surface area contributed by atoms with Crippen molar-refractivity contribution in [3.8, 4) is 5.75 Å². The zero-order valence-corrected chi connectivity index (χ0v) is 15.3. The molecule has 0 spiro atoms. The molecule has 1 amide bonds. The van der Waals surface area contributed by atoms with E-state index >= 15 is 0 Å². The molecular formula is C21H25FN2O2. The van der Waals surface area contributed by atoms with Gasteiger partial charge in [-0.1, -0.05) is 37.3 Å². The largest absolute Gasteiger partial charge is 0.480 e. The highest BCUT2D eigenvalue weighted by Gasteiger charge is 2.28. The van der Waals surface area contributed by atoms with E-state index in [4.69, 9.17) is 4.74 Å². The third-order valence-corrected chi connectivity index (χ3v) is 4.79.